The van der Waals surface area contributed by atoms with Gasteiger partial charge in [0.2, 0.25) is 0 Å². The maximum atomic E-state index is 8.86. The van der Waals surface area contributed by atoms with Crippen LogP contribution in [-0.2, 0) is 6.54 Å². The van der Waals surface area contributed by atoms with E-state index in [9.17, 15) is 0 Å². The quantitative estimate of drug-likeness (QED) is 0.899. The standard InChI is InChI=1S/C12H12N4S/c1-16(12-15-10(7-14)8-17-12)11-4-2-3-9(5-11)6-13/h2-5,8H,7,14H2,1H3. The Bertz CT molecular complexity index is 556. The van der Waals surface area contributed by atoms with E-state index < -0.39 is 0 Å². The Hall–Kier alpha value is -1.90. The summed E-state index contributed by atoms with van der Waals surface area (Å²) in [6.45, 7) is 0.447. The van der Waals surface area contributed by atoms with Gasteiger partial charge in [-0.25, -0.2) is 4.98 Å². The number of nitrogens with two attached hydrogens (primary N) is 1. The number of nitrogens with zero attached hydrogens (tertiary/aromatic N) is 3. The van der Waals surface area contributed by atoms with E-state index in [2.05, 4.69) is 11.1 Å². The van der Waals surface area contributed by atoms with Crippen molar-refractivity contribution in [2.45, 2.75) is 6.54 Å². The van der Waals surface area contributed by atoms with Gasteiger partial charge in [-0.15, -0.1) is 11.3 Å². The summed E-state index contributed by atoms with van der Waals surface area (Å²) in [7, 11) is 1.93. The molecule has 0 spiro atoms. The van der Waals surface area contributed by atoms with E-state index >= 15 is 0 Å². The number of hydrogen-bond donors (Lipinski definition) is 1. The van der Waals surface area contributed by atoms with Gasteiger partial charge in [-0.2, -0.15) is 5.26 Å². The summed E-state index contributed by atoms with van der Waals surface area (Å²) in [5.74, 6) is 0. The predicted octanol–water partition coefficient (Wildman–Crippen LogP) is 2.24. The van der Waals surface area contributed by atoms with Gasteiger partial charge in [-0.1, -0.05) is 6.07 Å². The van der Waals surface area contributed by atoms with Crippen LogP contribution in [0.15, 0.2) is 29.6 Å². The topological polar surface area (TPSA) is 65.9 Å². The maximum absolute atomic E-state index is 8.86. The van der Waals surface area contributed by atoms with Gasteiger partial charge in [-0.3, -0.25) is 0 Å². The van der Waals surface area contributed by atoms with E-state index in [-0.39, 0.29) is 0 Å². The van der Waals surface area contributed by atoms with E-state index in [0.717, 1.165) is 16.5 Å². The number of aromatic nitrogens is 1. The second kappa shape index (κ2) is 4.95. The number of nitriles is 1. The zero-order valence-electron chi connectivity index (χ0n) is 9.42. The highest BCUT2D eigenvalue weighted by Gasteiger charge is 2.08. The monoisotopic (exact) mass is 244 g/mol. The van der Waals surface area contributed by atoms with Gasteiger partial charge in [0.15, 0.2) is 5.13 Å². The number of rotatable bonds is 3. The molecule has 1 heterocycles. The highest BCUT2D eigenvalue weighted by Crippen LogP contribution is 2.27. The molecule has 4 nitrogen and oxygen atoms in total. The highest BCUT2D eigenvalue weighted by atomic mass is 32.1. The van der Waals surface area contributed by atoms with E-state index in [1.54, 1.807) is 17.4 Å². The summed E-state index contributed by atoms with van der Waals surface area (Å²) < 4.78 is 0. The van der Waals surface area contributed by atoms with Gasteiger partial charge < -0.3 is 10.6 Å². The second-order valence-corrected chi connectivity index (χ2v) is 4.38. The van der Waals surface area contributed by atoms with E-state index in [0.29, 0.717) is 12.1 Å². The van der Waals surface area contributed by atoms with Crippen LogP contribution in [0.5, 0.6) is 0 Å². The second-order valence-electron chi connectivity index (χ2n) is 3.55. The zero-order chi connectivity index (χ0) is 12.3. The van der Waals surface area contributed by atoms with Crippen molar-refractivity contribution in [1.82, 2.24) is 4.98 Å². The minimum Gasteiger partial charge on any atom is -0.325 e. The summed E-state index contributed by atoms with van der Waals surface area (Å²) >= 11 is 1.54. The Balaban J connectivity index is 2.30. The summed E-state index contributed by atoms with van der Waals surface area (Å²) in [5.41, 5.74) is 8.00. The molecule has 0 saturated carbocycles. The molecule has 0 atom stereocenters. The molecule has 0 aliphatic heterocycles. The highest BCUT2D eigenvalue weighted by molar-refractivity contribution is 7.13. The van der Waals surface area contributed by atoms with Crippen LogP contribution in [0.1, 0.15) is 11.3 Å². The largest absolute Gasteiger partial charge is 0.325 e. The molecule has 86 valence electrons. The first kappa shape index (κ1) is 11.6. The predicted molar refractivity (Wildman–Crippen MR) is 69.2 cm³/mol. The Morgan fingerprint density at radius 3 is 3.00 bits per heavy atom. The fourth-order valence-corrected chi connectivity index (χ4v) is 2.26. The van der Waals surface area contributed by atoms with Crippen LogP contribution in [0.2, 0.25) is 0 Å². The van der Waals surface area contributed by atoms with Gasteiger partial charge in [-0.05, 0) is 18.2 Å². The van der Waals surface area contributed by atoms with Crippen LogP contribution < -0.4 is 10.6 Å². The third kappa shape index (κ3) is 2.44. The normalized spacial score (nSPS) is 9.94. The molecular weight excluding hydrogens is 232 g/mol. The molecule has 17 heavy (non-hydrogen) atoms. The molecule has 0 aliphatic carbocycles. The number of anilines is 2. The third-order valence-corrected chi connectivity index (χ3v) is 3.36. The van der Waals surface area contributed by atoms with Gasteiger partial charge in [0.1, 0.15) is 0 Å². The first-order valence-electron chi connectivity index (χ1n) is 5.13. The van der Waals surface area contributed by atoms with Crippen LogP contribution in [-0.4, -0.2) is 12.0 Å². The van der Waals surface area contributed by atoms with Crippen LogP contribution in [0.4, 0.5) is 10.8 Å². The van der Waals surface area contributed by atoms with Crippen molar-refractivity contribution >= 4 is 22.2 Å². The van der Waals surface area contributed by atoms with E-state index in [1.165, 1.54) is 0 Å². The first-order chi connectivity index (χ1) is 8.24. The molecule has 1 aromatic heterocycles. The van der Waals surface area contributed by atoms with Gasteiger partial charge in [0, 0.05) is 24.7 Å². The fourth-order valence-electron chi connectivity index (χ4n) is 1.44. The third-order valence-electron chi connectivity index (χ3n) is 2.40. The summed E-state index contributed by atoms with van der Waals surface area (Å²) in [5, 5.41) is 11.7. The fraction of sp³-hybridized carbons (Fsp3) is 0.167. The van der Waals surface area contributed by atoms with Crippen molar-refractivity contribution < 1.29 is 0 Å². The summed E-state index contributed by atoms with van der Waals surface area (Å²) in [6, 6.07) is 9.56. The number of thiazole rings is 1. The van der Waals surface area contributed by atoms with Crippen molar-refractivity contribution in [2.24, 2.45) is 5.73 Å². The molecule has 0 bridgehead atoms. The van der Waals surface area contributed by atoms with Crippen LogP contribution >= 0.6 is 11.3 Å². The summed E-state index contributed by atoms with van der Waals surface area (Å²) in [4.78, 5) is 6.35. The SMILES string of the molecule is CN(c1cccc(C#N)c1)c1nc(CN)cs1. The minimum absolute atomic E-state index is 0.447. The van der Waals surface area contributed by atoms with Crippen molar-refractivity contribution in [1.29, 1.82) is 5.26 Å². The molecule has 0 fully saturated rings. The Morgan fingerprint density at radius 2 is 2.35 bits per heavy atom. The van der Waals surface area contributed by atoms with Gasteiger partial charge in [0.05, 0.1) is 17.3 Å². The van der Waals surface area contributed by atoms with Gasteiger partial charge in [0.25, 0.3) is 0 Å². The molecule has 5 heteroatoms. The molecule has 2 rings (SSSR count). The number of benzene rings is 1. The Labute approximate surface area is 104 Å². The molecule has 0 radical (unpaired) electrons. The number of hydrogen-bond acceptors (Lipinski definition) is 5. The zero-order valence-corrected chi connectivity index (χ0v) is 10.2. The first-order valence-corrected chi connectivity index (χ1v) is 6.01. The molecule has 1 aromatic carbocycles. The van der Waals surface area contributed by atoms with Crippen molar-refractivity contribution in [3.05, 3.63) is 40.9 Å². The molecule has 0 amide bonds. The van der Waals surface area contributed by atoms with Crippen LogP contribution in [0.25, 0.3) is 0 Å². The average molecular weight is 244 g/mol. The summed E-state index contributed by atoms with van der Waals surface area (Å²) in [6.07, 6.45) is 0. The van der Waals surface area contributed by atoms with E-state index in [1.807, 2.05) is 35.5 Å². The lowest BCUT2D eigenvalue weighted by atomic mass is 10.2. The lowest BCUT2D eigenvalue weighted by molar-refractivity contribution is 1.00. The van der Waals surface area contributed by atoms with Gasteiger partial charge >= 0.3 is 0 Å². The van der Waals surface area contributed by atoms with E-state index in [4.69, 9.17) is 11.0 Å². The lowest BCUT2D eigenvalue weighted by Crippen LogP contribution is -2.09. The minimum atomic E-state index is 0.447. The molecule has 0 unspecified atom stereocenters. The van der Waals surface area contributed by atoms with Crippen molar-refractivity contribution in [3.8, 4) is 6.07 Å². The van der Waals surface area contributed by atoms with Crippen molar-refractivity contribution in [3.63, 3.8) is 0 Å². The molecular formula is C12H12N4S. The molecule has 0 aliphatic rings. The average Bonchev–Trinajstić information content (AvgIpc) is 2.86. The Morgan fingerprint density at radius 1 is 1.53 bits per heavy atom. The molecule has 2 N–H and O–H groups in total. The molecule has 0 saturated heterocycles. The smallest absolute Gasteiger partial charge is 0.189 e. The van der Waals surface area contributed by atoms with Crippen LogP contribution in [0, 0.1) is 11.3 Å². The maximum Gasteiger partial charge on any atom is 0.189 e. The lowest BCUT2D eigenvalue weighted by Gasteiger charge is -2.15. The van der Waals surface area contributed by atoms with Crippen LogP contribution in [0.3, 0.4) is 0 Å². The van der Waals surface area contributed by atoms with Crippen molar-refractivity contribution in [2.75, 3.05) is 11.9 Å². The Kier molecular flexibility index (Phi) is 3.38. The molecule has 2 aromatic rings.